The molecule has 0 spiro atoms. The van der Waals surface area contributed by atoms with Crippen molar-refractivity contribution < 1.29 is 37.2 Å². The first-order valence-corrected chi connectivity index (χ1v) is 19.3. The summed E-state index contributed by atoms with van der Waals surface area (Å²) in [6, 6.07) is 21.8. The second kappa shape index (κ2) is 18.9. The third-order valence-corrected chi connectivity index (χ3v) is 9.55. The Labute approximate surface area is 345 Å². The van der Waals surface area contributed by atoms with Crippen LogP contribution in [0.25, 0.3) is 12.2 Å². The molecule has 60 heavy (non-hydrogen) atoms. The smallest absolute Gasteiger partial charge is 0.295 e. The Morgan fingerprint density at radius 1 is 0.600 bits per heavy atom. The van der Waals surface area contributed by atoms with Crippen molar-refractivity contribution in [3.63, 3.8) is 0 Å². The van der Waals surface area contributed by atoms with Gasteiger partial charge in [0, 0.05) is 52.9 Å². The molecule has 6 aromatic rings. The van der Waals surface area contributed by atoms with Crippen LogP contribution in [0.1, 0.15) is 31.8 Å². The maximum absolute atomic E-state index is 12.6. The summed E-state index contributed by atoms with van der Waals surface area (Å²) in [6.45, 7) is 0. The zero-order valence-electron chi connectivity index (χ0n) is 31.2. The summed E-state index contributed by atoms with van der Waals surface area (Å²) in [7, 11) is -1.54. The largest absolute Gasteiger partial charge is 0.366 e. The highest BCUT2D eigenvalue weighted by atomic mass is 32.2. The van der Waals surface area contributed by atoms with E-state index in [0.717, 1.165) is 0 Å². The Kier molecular flexibility index (Phi) is 13.2. The van der Waals surface area contributed by atoms with E-state index in [2.05, 4.69) is 66.8 Å². The molecule has 0 saturated heterocycles. The minimum absolute atomic E-state index is 0.0276. The van der Waals surface area contributed by atoms with Crippen LogP contribution in [-0.4, -0.2) is 74.0 Å². The van der Waals surface area contributed by atoms with E-state index in [-0.39, 0.29) is 46.9 Å². The van der Waals surface area contributed by atoms with Crippen LogP contribution in [0.5, 0.6) is 0 Å². The van der Waals surface area contributed by atoms with Gasteiger partial charge in [0.2, 0.25) is 47.5 Å². The van der Waals surface area contributed by atoms with Crippen molar-refractivity contribution in [2.45, 2.75) is 9.79 Å². The van der Waals surface area contributed by atoms with Crippen LogP contribution >= 0.6 is 12.0 Å². The summed E-state index contributed by atoms with van der Waals surface area (Å²) in [5, 5.41) is 30.4. The molecule has 0 aliphatic rings. The number of hydrogen-bond acceptors (Lipinski definition) is 20. The monoisotopic (exact) mass is 854 g/mol. The van der Waals surface area contributed by atoms with E-state index in [1.54, 1.807) is 80.8 Å². The molecule has 0 fully saturated rings. The molecule has 308 valence electrons. The van der Waals surface area contributed by atoms with Crippen LogP contribution < -0.4 is 43.4 Å². The van der Waals surface area contributed by atoms with Gasteiger partial charge in [-0.15, -0.1) is 4.33 Å². The summed E-state index contributed by atoms with van der Waals surface area (Å²) in [4.78, 5) is 48.8. The number of rotatable bonds is 18. The highest BCUT2D eigenvalue weighted by molar-refractivity contribution is 7.94. The lowest BCUT2D eigenvalue weighted by molar-refractivity contribution is -0.432. The number of benzene rings is 4. The van der Waals surface area contributed by atoms with E-state index in [9.17, 15) is 22.6 Å². The van der Waals surface area contributed by atoms with Gasteiger partial charge in [-0.25, -0.2) is 5.26 Å². The topological polar surface area (TPSA) is 329 Å². The predicted octanol–water partition coefficient (Wildman–Crippen LogP) is 5.16. The van der Waals surface area contributed by atoms with Crippen LogP contribution in [0, 0.1) is 0 Å². The van der Waals surface area contributed by atoms with Crippen LogP contribution in [0.3, 0.4) is 0 Å². The number of carbonyl (C=O) groups is 2. The van der Waals surface area contributed by atoms with E-state index in [4.69, 9.17) is 21.1 Å². The van der Waals surface area contributed by atoms with Crippen molar-refractivity contribution in [2.75, 3.05) is 46.0 Å². The molecule has 0 saturated carbocycles. The van der Waals surface area contributed by atoms with Gasteiger partial charge in [-0.3, -0.25) is 14.1 Å². The standard InChI is InChI=1S/C36H34N14O8S2/c1-39-31-45-33(41-23-11-7-21(8-12-23)29(37)51)49-35(47-31)43-25-15-5-19(27(17-25)59-58-57-53)3-4-20-6-16-26(18-28(20)60(54,55)56)44-36-48-32(40-2)46-34(50-36)42-24-13-9-22(10-14-24)30(38)52/h3-18,53H,1-2H3,(H2,37,51)(H2,38,52)(H,54,55,56)(H3,39,41,43,45,47,49)(H3,40,42,44,46,48,50)/b4-3+. The molecule has 2 heterocycles. The van der Waals surface area contributed by atoms with Gasteiger partial charge in [0.25, 0.3) is 10.1 Å². The van der Waals surface area contributed by atoms with Gasteiger partial charge in [-0.05, 0) is 83.9 Å². The summed E-state index contributed by atoms with van der Waals surface area (Å²) in [5.41, 5.74) is 13.7. The van der Waals surface area contributed by atoms with Gasteiger partial charge in [-0.2, -0.15) is 38.3 Å². The minimum atomic E-state index is -4.77. The van der Waals surface area contributed by atoms with Crippen LogP contribution in [-0.2, 0) is 19.5 Å². The Morgan fingerprint density at radius 2 is 0.983 bits per heavy atom. The molecule has 0 aliphatic heterocycles. The first-order chi connectivity index (χ1) is 28.8. The summed E-state index contributed by atoms with van der Waals surface area (Å²) >= 11 is 0.643. The van der Waals surface area contributed by atoms with Gasteiger partial charge in [0.1, 0.15) is 4.90 Å². The van der Waals surface area contributed by atoms with Gasteiger partial charge in [0.05, 0.1) is 12.0 Å². The molecule has 0 unspecified atom stereocenters. The number of hydrogen-bond donors (Lipinski definition) is 10. The molecular formula is C36H34N14O8S2. The zero-order valence-corrected chi connectivity index (χ0v) is 32.9. The zero-order chi connectivity index (χ0) is 42.8. The maximum Gasteiger partial charge on any atom is 0.295 e. The number of anilines is 10. The van der Waals surface area contributed by atoms with Gasteiger partial charge in [0.15, 0.2) is 0 Å². The molecule has 0 aliphatic carbocycles. The lowest BCUT2D eigenvalue weighted by atomic mass is 10.1. The molecule has 0 radical (unpaired) electrons. The number of nitrogens with zero attached hydrogens (tertiary/aromatic N) is 6. The Morgan fingerprint density at radius 3 is 1.40 bits per heavy atom. The average Bonchev–Trinajstić information content (AvgIpc) is 3.22. The quantitative estimate of drug-likeness (QED) is 0.0175. The van der Waals surface area contributed by atoms with E-state index < -0.39 is 26.8 Å². The van der Waals surface area contributed by atoms with Crippen molar-refractivity contribution in [3.8, 4) is 0 Å². The lowest BCUT2D eigenvalue weighted by Crippen LogP contribution is -2.11. The van der Waals surface area contributed by atoms with Crippen molar-refractivity contribution in [1.29, 1.82) is 0 Å². The van der Waals surface area contributed by atoms with E-state index in [1.165, 1.54) is 30.3 Å². The average molecular weight is 855 g/mol. The minimum Gasteiger partial charge on any atom is -0.366 e. The molecule has 24 heteroatoms. The molecule has 2 amide bonds. The normalized spacial score (nSPS) is 11.2. The maximum atomic E-state index is 12.6. The fraction of sp³-hybridized carbons (Fsp3) is 0.0556. The van der Waals surface area contributed by atoms with Crippen LogP contribution in [0.2, 0.25) is 0 Å². The van der Waals surface area contributed by atoms with Gasteiger partial charge in [-0.1, -0.05) is 29.3 Å². The van der Waals surface area contributed by atoms with Crippen molar-refractivity contribution in [3.05, 3.63) is 107 Å². The molecule has 4 aromatic carbocycles. The first-order valence-electron chi connectivity index (χ1n) is 17.1. The highest BCUT2D eigenvalue weighted by Crippen LogP contribution is 2.32. The summed E-state index contributed by atoms with van der Waals surface area (Å²) < 4.78 is 40.2. The Hall–Kier alpha value is -7.48. The fourth-order valence-electron chi connectivity index (χ4n) is 5.18. The van der Waals surface area contributed by atoms with E-state index >= 15 is 0 Å². The highest BCUT2D eigenvalue weighted by Gasteiger charge is 2.17. The number of carbonyl (C=O) groups excluding carboxylic acids is 2. The molecule has 0 bridgehead atoms. The molecule has 0 atom stereocenters. The summed E-state index contributed by atoms with van der Waals surface area (Å²) in [5.74, 6) is -0.281. The Bertz CT molecular complexity index is 2670. The Balaban J connectivity index is 1.22. The lowest BCUT2D eigenvalue weighted by Gasteiger charge is -2.12. The molecule has 12 N–H and O–H groups in total. The van der Waals surface area contributed by atoms with Gasteiger partial charge >= 0.3 is 0 Å². The predicted molar refractivity (Wildman–Crippen MR) is 224 cm³/mol. The van der Waals surface area contributed by atoms with Crippen molar-refractivity contribution >= 4 is 105 Å². The van der Waals surface area contributed by atoms with Gasteiger partial charge < -0.3 is 43.4 Å². The second-order valence-corrected chi connectivity index (χ2v) is 14.2. The molecule has 22 nitrogen and oxygen atoms in total. The SMILES string of the molecule is CNc1nc(Nc2ccc(C(N)=O)cc2)nc(Nc2ccc(/C=C/c3ccc(Nc4nc(NC)nc(Nc5ccc(C(N)=O)cc5)n4)cc3S(=O)(=O)O)c(SOOO)c2)n1. The van der Waals surface area contributed by atoms with Crippen molar-refractivity contribution in [1.82, 2.24) is 29.9 Å². The van der Waals surface area contributed by atoms with E-state index in [0.29, 0.717) is 50.7 Å². The summed E-state index contributed by atoms with van der Waals surface area (Å²) in [6.07, 6.45) is 3.00. The number of nitrogens with one attached hydrogen (secondary N) is 6. The number of aromatic nitrogens is 6. The molecule has 2 aromatic heterocycles. The molecule has 6 rings (SSSR count). The molecular weight excluding hydrogens is 821 g/mol. The third-order valence-electron chi connectivity index (χ3n) is 7.98. The number of nitrogens with two attached hydrogens (primary N) is 2. The van der Waals surface area contributed by atoms with Crippen LogP contribution in [0.15, 0.2) is 94.7 Å². The van der Waals surface area contributed by atoms with Crippen molar-refractivity contribution in [2.24, 2.45) is 11.5 Å². The number of amides is 2. The second-order valence-electron chi connectivity index (χ2n) is 12.0. The fourth-order valence-corrected chi connectivity index (χ4v) is 6.40. The van der Waals surface area contributed by atoms with E-state index in [1.807, 2.05) is 0 Å². The first kappa shape index (κ1) is 42.1. The number of primary amides is 2. The van der Waals surface area contributed by atoms with Crippen LogP contribution in [0.4, 0.5) is 58.4 Å². The third kappa shape index (κ3) is 11.1.